The maximum Gasteiger partial charge on any atom is 0.258 e. The summed E-state index contributed by atoms with van der Waals surface area (Å²) >= 11 is 3.50. The highest BCUT2D eigenvalue weighted by Gasteiger charge is 2.19. The maximum atomic E-state index is 13.4. The molecule has 0 bridgehead atoms. The van der Waals surface area contributed by atoms with Gasteiger partial charge in [0.1, 0.15) is 12.4 Å². The highest BCUT2D eigenvalue weighted by Crippen LogP contribution is 2.29. The van der Waals surface area contributed by atoms with Gasteiger partial charge in [-0.15, -0.1) is 0 Å². The van der Waals surface area contributed by atoms with Crippen LogP contribution in [0.2, 0.25) is 0 Å². The van der Waals surface area contributed by atoms with Crippen molar-refractivity contribution in [3.63, 3.8) is 0 Å². The largest absolute Gasteiger partial charge is 0.490 e. The molecule has 1 heterocycles. The first kappa shape index (κ1) is 25.9. The van der Waals surface area contributed by atoms with Gasteiger partial charge in [0.2, 0.25) is 0 Å². The number of nitrogens with zero attached hydrogens (tertiary/aromatic N) is 1. The summed E-state index contributed by atoms with van der Waals surface area (Å²) in [6, 6.07) is 26.2. The zero-order valence-corrected chi connectivity index (χ0v) is 22.7. The van der Waals surface area contributed by atoms with Gasteiger partial charge in [0.25, 0.3) is 11.8 Å². The van der Waals surface area contributed by atoms with Crippen molar-refractivity contribution >= 4 is 49.9 Å². The second-order valence-corrected chi connectivity index (χ2v) is 10.0. The van der Waals surface area contributed by atoms with Crippen LogP contribution < -0.4 is 15.0 Å². The van der Waals surface area contributed by atoms with Gasteiger partial charge in [-0.25, -0.2) is 0 Å². The van der Waals surface area contributed by atoms with Gasteiger partial charge < -0.3 is 19.7 Å². The molecule has 4 aromatic rings. The molecular weight excluding hydrogens is 544 g/mol. The van der Waals surface area contributed by atoms with Crippen molar-refractivity contribution < 1.29 is 19.1 Å². The van der Waals surface area contributed by atoms with Crippen molar-refractivity contribution in [1.29, 1.82) is 0 Å². The number of rotatable bonds is 8. The number of fused-ring (bicyclic) bond motifs is 1. The number of hydrogen-bond acceptors (Lipinski definition) is 4. The van der Waals surface area contributed by atoms with E-state index in [1.807, 2.05) is 49.4 Å². The van der Waals surface area contributed by atoms with Crippen molar-refractivity contribution in [2.75, 3.05) is 30.0 Å². The highest BCUT2D eigenvalue weighted by molar-refractivity contribution is 9.10. The summed E-state index contributed by atoms with van der Waals surface area (Å²) in [5.41, 5.74) is 2.53. The fraction of sp³-hybridized carbons (Fsp3) is 0.226. The van der Waals surface area contributed by atoms with E-state index in [0.717, 1.165) is 35.9 Å². The van der Waals surface area contributed by atoms with Crippen molar-refractivity contribution in [2.45, 2.75) is 25.9 Å². The van der Waals surface area contributed by atoms with E-state index in [1.165, 1.54) is 0 Å². The van der Waals surface area contributed by atoms with Gasteiger partial charge in [-0.3, -0.25) is 9.59 Å². The number of anilines is 2. The van der Waals surface area contributed by atoms with E-state index in [-0.39, 0.29) is 17.9 Å². The Labute approximate surface area is 230 Å². The third kappa shape index (κ3) is 5.74. The van der Waals surface area contributed by atoms with Crippen LogP contribution in [0.5, 0.6) is 5.75 Å². The number of amides is 2. The first-order valence-corrected chi connectivity index (χ1v) is 13.6. The van der Waals surface area contributed by atoms with Gasteiger partial charge in [0.15, 0.2) is 0 Å². The summed E-state index contributed by atoms with van der Waals surface area (Å²) in [4.78, 5) is 28.0. The number of ether oxygens (including phenoxy) is 2. The van der Waals surface area contributed by atoms with E-state index >= 15 is 0 Å². The summed E-state index contributed by atoms with van der Waals surface area (Å²) in [5.74, 6) is 0.331. The summed E-state index contributed by atoms with van der Waals surface area (Å²) in [7, 11) is 0. The Morgan fingerprint density at radius 1 is 1.00 bits per heavy atom. The molecule has 1 fully saturated rings. The molecule has 5 rings (SSSR count). The van der Waals surface area contributed by atoms with Crippen LogP contribution in [0.1, 0.15) is 40.5 Å². The average molecular weight is 573 g/mol. The van der Waals surface area contributed by atoms with Crippen molar-refractivity contribution in [1.82, 2.24) is 0 Å². The molecule has 1 aliphatic rings. The third-order valence-electron chi connectivity index (χ3n) is 6.65. The molecule has 0 radical (unpaired) electrons. The molecule has 1 aliphatic heterocycles. The lowest BCUT2D eigenvalue weighted by molar-refractivity contribution is 0.0677. The van der Waals surface area contributed by atoms with Gasteiger partial charge in [0, 0.05) is 35.4 Å². The number of halogens is 1. The van der Waals surface area contributed by atoms with Crippen LogP contribution in [-0.4, -0.2) is 37.7 Å². The van der Waals surface area contributed by atoms with E-state index in [1.54, 1.807) is 47.4 Å². The third-order valence-corrected chi connectivity index (χ3v) is 7.27. The molecule has 2 amide bonds. The lowest BCUT2D eigenvalue weighted by Gasteiger charge is -2.23. The topological polar surface area (TPSA) is 67.9 Å². The zero-order valence-electron chi connectivity index (χ0n) is 21.2. The van der Waals surface area contributed by atoms with Crippen molar-refractivity contribution in [2.24, 2.45) is 0 Å². The minimum atomic E-state index is -0.249. The minimum Gasteiger partial charge on any atom is -0.490 e. The van der Waals surface area contributed by atoms with Gasteiger partial charge >= 0.3 is 0 Å². The number of carbonyl (C=O) groups is 2. The Morgan fingerprint density at radius 2 is 1.76 bits per heavy atom. The Morgan fingerprint density at radius 3 is 2.50 bits per heavy atom. The smallest absolute Gasteiger partial charge is 0.258 e. The second kappa shape index (κ2) is 11.8. The van der Waals surface area contributed by atoms with Crippen LogP contribution in [0, 0.1) is 0 Å². The fourth-order valence-corrected chi connectivity index (χ4v) is 5.13. The van der Waals surface area contributed by atoms with E-state index < -0.39 is 0 Å². The zero-order chi connectivity index (χ0) is 26.5. The predicted molar refractivity (Wildman–Crippen MR) is 154 cm³/mol. The SMILES string of the molecule is CCN(C(=O)c1ccc(NC(=O)c2ccc(OCC3CCCO3)c(Br)c2)cc1)c1cccc2ccccc12. The van der Waals surface area contributed by atoms with Crippen LogP contribution in [0.3, 0.4) is 0 Å². The molecule has 1 N–H and O–H groups in total. The molecule has 0 aromatic heterocycles. The quantitative estimate of drug-likeness (QED) is 0.245. The van der Waals surface area contributed by atoms with E-state index in [9.17, 15) is 9.59 Å². The Bertz CT molecular complexity index is 1440. The molecule has 1 unspecified atom stereocenters. The summed E-state index contributed by atoms with van der Waals surface area (Å²) in [5, 5.41) is 5.02. The summed E-state index contributed by atoms with van der Waals surface area (Å²) < 4.78 is 12.2. The normalized spacial score (nSPS) is 14.8. The van der Waals surface area contributed by atoms with Gasteiger partial charge in [0.05, 0.1) is 16.3 Å². The van der Waals surface area contributed by atoms with Gasteiger partial charge in [-0.2, -0.15) is 0 Å². The summed E-state index contributed by atoms with van der Waals surface area (Å²) in [6.07, 6.45) is 2.18. The lowest BCUT2D eigenvalue weighted by atomic mass is 10.1. The van der Waals surface area contributed by atoms with E-state index in [2.05, 4.69) is 21.2 Å². The molecule has 1 atom stereocenters. The minimum absolute atomic E-state index is 0.0933. The van der Waals surface area contributed by atoms with Crippen LogP contribution in [0.15, 0.2) is 89.4 Å². The Balaban J connectivity index is 1.25. The number of hydrogen-bond donors (Lipinski definition) is 1. The fourth-order valence-electron chi connectivity index (χ4n) is 4.64. The monoisotopic (exact) mass is 572 g/mol. The van der Waals surface area contributed by atoms with Crippen LogP contribution >= 0.6 is 15.9 Å². The average Bonchev–Trinajstić information content (AvgIpc) is 3.47. The van der Waals surface area contributed by atoms with Crippen molar-refractivity contribution in [3.05, 3.63) is 101 Å². The number of benzene rings is 4. The van der Waals surface area contributed by atoms with Crippen LogP contribution in [0.4, 0.5) is 11.4 Å². The Hall–Kier alpha value is -3.68. The molecule has 0 aliphatic carbocycles. The molecular formula is C31H29BrN2O4. The number of carbonyl (C=O) groups excluding carboxylic acids is 2. The predicted octanol–water partition coefficient (Wildman–Crippen LogP) is 7.08. The first-order chi connectivity index (χ1) is 18.5. The molecule has 7 heteroatoms. The molecule has 0 spiro atoms. The molecule has 0 saturated carbocycles. The van der Waals surface area contributed by atoms with Crippen molar-refractivity contribution in [3.8, 4) is 5.75 Å². The molecule has 1 saturated heterocycles. The molecule has 4 aromatic carbocycles. The highest BCUT2D eigenvalue weighted by atomic mass is 79.9. The molecule has 6 nitrogen and oxygen atoms in total. The Kier molecular flexibility index (Phi) is 8.05. The van der Waals surface area contributed by atoms with Gasteiger partial charge in [-0.1, -0.05) is 36.4 Å². The first-order valence-electron chi connectivity index (χ1n) is 12.8. The standard InChI is InChI=1S/C31H29BrN2O4/c1-2-34(28-11-5-8-21-7-3-4-10-26(21)28)31(36)22-12-15-24(16-13-22)33-30(35)23-14-17-29(27(32)19-23)38-20-25-9-6-18-37-25/h3-5,7-8,10-17,19,25H,2,6,9,18,20H2,1H3,(H,33,35). The molecule has 38 heavy (non-hydrogen) atoms. The summed E-state index contributed by atoms with van der Waals surface area (Å²) in [6.45, 7) is 3.77. The second-order valence-electron chi connectivity index (χ2n) is 9.17. The van der Waals surface area contributed by atoms with Crippen LogP contribution in [-0.2, 0) is 4.74 Å². The molecule has 194 valence electrons. The maximum absolute atomic E-state index is 13.4. The van der Waals surface area contributed by atoms with E-state index in [0.29, 0.717) is 40.2 Å². The van der Waals surface area contributed by atoms with Gasteiger partial charge in [-0.05, 0) is 89.6 Å². The lowest BCUT2D eigenvalue weighted by Crippen LogP contribution is -2.30. The number of nitrogens with one attached hydrogen (secondary N) is 1. The van der Waals surface area contributed by atoms with E-state index in [4.69, 9.17) is 9.47 Å². The van der Waals surface area contributed by atoms with Crippen LogP contribution in [0.25, 0.3) is 10.8 Å².